The average molecular weight is 256 g/mol. The molecule has 0 fully saturated rings. The fraction of sp³-hybridized carbons (Fsp3) is 0.583. The van der Waals surface area contributed by atoms with Gasteiger partial charge in [0, 0.05) is 18.4 Å². The van der Waals surface area contributed by atoms with Crippen molar-refractivity contribution in [1.29, 1.82) is 0 Å². The van der Waals surface area contributed by atoms with Gasteiger partial charge in [0.1, 0.15) is 0 Å². The van der Waals surface area contributed by atoms with Gasteiger partial charge in [0.2, 0.25) is 0 Å². The topological polar surface area (TPSA) is 73.1 Å². The molecule has 0 radical (unpaired) electrons. The lowest BCUT2D eigenvalue weighted by molar-refractivity contribution is 0.586. The van der Waals surface area contributed by atoms with E-state index in [0.29, 0.717) is 11.3 Å². The Bertz CT molecular complexity index is 467. The summed E-state index contributed by atoms with van der Waals surface area (Å²) in [6.45, 7) is 5.82. The van der Waals surface area contributed by atoms with Gasteiger partial charge in [-0.05, 0) is 30.9 Å². The highest BCUT2D eigenvalue weighted by atomic mass is 32.2. The molecule has 4 nitrogen and oxygen atoms in total. The Morgan fingerprint density at radius 2 is 1.94 bits per heavy atom. The van der Waals surface area contributed by atoms with Crippen molar-refractivity contribution in [3.8, 4) is 0 Å². The van der Waals surface area contributed by atoms with E-state index in [4.69, 9.17) is 5.73 Å². The second-order valence-corrected chi connectivity index (χ2v) is 6.80. The minimum absolute atomic E-state index is 0.0773. The Kier molecular flexibility index (Phi) is 4.65. The van der Waals surface area contributed by atoms with Crippen molar-refractivity contribution in [3.05, 3.63) is 24.0 Å². The van der Waals surface area contributed by atoms with E-state index in [2.05, 4.69) is 4.98 Å². The van der Waals surface area contributed by atoms with Crippen LogP contribution in [0.5, 0.6) is 0 Å². The first kappa shape index (κ1) is 14.1. The summed E-state index contributed by atoms with van der Waals surface area (Å²) in [7, 11) is -3.25. The Labute approximate surface area is 103 Å². The molecule has 1 atom stereocenters. The SMILES string of the molecule is CC(N)CCS(=O)(=O)c1cncc(C(C)C)c1. The second kappa shape index (κ2) is 5.60. The summed E-state index contributed by atoms with van der Waals surface area (Å²) in [4.78, 5) is 4.28. The van der Waals surface area contributed by atoms with E-state index in [1.807, 2.05) is 13.8 Å². The average Bonchev–Trinajstić information content (AvgIpc) is 2.27. The first-order valence-electron chi connectivity index (χ1n) is 5.76. The van der Waals surface area contributed by atoms with Gasteiger partial charge in [-0.25, -0.2) is 8.42 Å². The van der Waals surface area contributed by atoms with Crippen LogP contribution in [0.2, 0.25) is 0 Å². The molecule has 2 N–H and O–H groups in total. The van der Waals surface area contributed by atoms with Crippen LogP contribution in [0, 0.1) is 0 Å². The summed E-state index contributed by atoms with van der Waals surface area (Å²) in [6, 6.07) is 1.60. The molecule has 0 aliphatic carbocycles. The molecule has 0 amide bonds. The maximum atomic E-state index is 12.0. The highest BCUT2D eigenvalue weighted by Gasteiger charge is 2.16. The van der Waals surface area contributed by atoms with E-state index in [1.54, 1.807) is 19.2 Å². The van der Waals surface area contributed by atoms with Crippen LogP contribution in [0.1, 0.15) is 38.7 Å². The molecule has 1 aromatic rings. The van der Waals surface area contributed by atoms with E-state index < -0.39 is 9.84 Å². The number of nitrogens with two attached hydrogens (primary N) is 1. The molecule has 1 rings (SSSR count). The van der Waals surface area contributed by atoms with E-state index >= 15 is 0 Å². The molecular formula is C12H20N2O2S. The Morgan fingerprint density at radius 3 is 2.47 bits per heavy atom. The van der Waals surface area contributed by atoms with Crippen molar-refractivity contribution in [2.75, 3.05) is 5.75 Å². The zero-order valence-corrected chi connectivity index (χ0v) is 11.4. The number of pyridine rings is 1. The highest BCUT2D eigenvalue weighted by molar-refractivity contribution is 7.91. The quantitative estimate of drug-likeness (QED) is 0.870. The van der Waals surface area contributed by atoms with E-state index in [9.17, 15) is 8.42 Å². The normalized spacial score (nSPS) is 13.9. The molecule has 0 saturated heterocycles. The molecule has 1 heterocycles. The van der Waals surface area contributed by atoms with Gasteiger partial charge in [-0.15, -0.1) is 0 Å². The molecule has 5 heteroatoms. The lowest BCUT2D eigenvalue weighted by Crippen LogP contribution is -2.20. The highest BCUT2D eigenvalue weighted by Crippen LogP contribution is 2.18. The van der Waals surface area contributed by atoms with Crippen molar-refractivity contribution in [2.45, 2.75) is 44.0 Å². The third-order valence-electron chi connectivity index (χ3n) is 2.60. The Hall–Kier alpha value is -0.940. The van der Waals surface area contributed by atoms with E-state index in [-0.39, 0.29) is 17.7 Å². The van der Waals surface area contributed by atoms with Crippen molar-refractivity contribution >= 4 is 9.84 Å². The molecule has 1 unspecified atom stereocenters. The van der Waals surface area contributed by atoms with E-state index in [0.717, 1.165) is 5.56 Å². The zero-order valence-electron chi connectivity index (χ0n) is 10.6. The van der Waals surface area contributed by atoms with Crippen molar-refractivity contribution in [3.63, 3.8) is 0 Å². The molecule has 0 aliphatic heterocycles. The van der Waals surface area contributed by atoms with Crippen LogP contribution in [0.4, 0.5) is 0 Å². The molecule has 0 saturated carbocycles. The molecule has 96 valence electrons. The van der Waals surface area contributed by atoms with Crippen LogP contribution in [0.15, 0.2) is 23.4 Å². The minimum atomic E-state index is -3.25. The zero-order chi connectivity index (χ0) is 13.1. The third-order valence-corrected chi connectivity index (χ3v) is 4.32. The molecule has 1 aromatic heterocycles. The number of sulfone groups is 1. The fourth-order valence-electron chi connectivity index (χ4n) is 1.38. The van der Waals surface area contributed by atoms with Gasteiger partial charge in [-0.2, -0.15) is 0 Å². The van der Waals surface area contributed by atoms with Gasteiger partial charge in [-0.3, -0.25) is 4.98 Å². The van der Waals surface area contributed by atoms with Crippen molar-refractivity contribution in [1.82, 2.24) is 4.98 Å². The van der Waals surface area contributed by atoms with Crippen molar-refractivity contribution < 1.29 is 8.42 Å². The molecule has 17 heavy (non-hydrogen) atoms. The molecule has 0 aliphatic rings. The lowest BCUT2D eigenvalue weighted by atomic mass is 10.1. The predicted molar refractivity (Wildman–Crippen MR) is 68.6 cm³/mol. The Balaban J connectivity index is 2.95. The second-order valence-electron chi connectivity index (χ2n) is 4.69. The van der Waals surface area contributed by atoms with Crippen LogP contribution in [-0.2, 0) is 9.84 Å². The minimum Gasteiger partial charge on any atom is -0.328 e. The van der Waals surface area contributed by atoms with Gasteiger partial charge >= 0.3 is 0 Å². The summed E-state index contributed by atoms with van der Waals surface area (Å²) < 4.78 is 24.0. The van der Waals surface area contributed by atoms with Crippen LogP contribution in [0.3, 0.4) is 0 Å². The lowest BCUT2D eigenvalue weighted by Gasteiger charge is -2.09. The third kappa shape index (κ3) is 4.09. The number of hydrogen-bond donors (Lipinski definition) is 1. The van der Waals surface area contributed by atoms with Crippen molar-refractivity contribution in [2.24, 2.45) is 5.73 Å². The van der Waals surface area contributed by atoms with Crippen LogP contribution in [-0.4, -0.2) is 25.2 Å². The molecule has 0 spiro atoms. The monoisotopic (exact) mass is 256 g/mol. The van der Waals surface area contributed by atoms with Crippen LogP contribution < -0.4 is 5.73 Å². The van der Waals surface area contributed by atoms with Gasteiger partial charge in [-0.1, -0.05) is 13.8 Å². The maximum Gasteiger partial charge on any atom is 0.179 e. The maximum absolute atomic E-state index is 12.0. The predicted octanol–water partition coefficient (Wildman–Crippen LogP) is 1.72. The first-order valence-corrected chi connectivity index (χ1v) is 7.41. The largest absolute Gasteiger partial charge is 0.328 e. The number of aromatic nitrogens is 1. The number of rotatable bonds is 5. The Morgan fingerprint density at radius 1 is 1.29 bits per heavy atom. The smallest absolute Gasteiger partial charge is 0.179 e. The fourth-order valence-corrected chi connectivity index (χ4v) is 2.84. The summed E-state index contributed by atoms with van der Waals surface area (Å²) in [5.41, 5.74) is 6.51. The summed E-state index contributed by atoms with van der Waals surface area (Å²) in [5.74, 6) is 0.347. The van der Waals surface area contributed by atoms with Gasteiger partial charge < -0.3 is 5.73 Å². The van der Waals surface area contributed by atoms with E-state index in [1.165, 1.54) is 6.20 Å². The van der Waals surface area contributed by atoms with Crippen LogP contribution in [0.25, 0.3) is 0 Å². The van der Waals surface area contributed by atoms with Gasteiger partial charge in [0.15, 0.2) is 9.84 Å². The molecule has 0 bridgehead atoms. The standard InChI is InChI=1S/C12H20N2O2S/c1-9(2)11-6-12(8-14-7-11)17(15,16)5-4-10(3)13/h6-10H,4-5,13H2,1-3H3. The summed E-state index contributed by atoms with van der Waals surface area (Å²) in [6.07, 6.45) is 3.58. The number of nitrogens with zero attached hydrogens (tertiary/aromatic N) is 1. The van der Waals surface area contributed by atoms with Crippen LogP contribution >= 0.6 is 0 Å². The van der Waals surface area contributed by atoms with Gasteiger partial charge in [0.05, 0.1) is 10.6 Å². The summed E-state index contributed by atoms with van der Waals surface area (Å²) >= 11 is 0. The first-order chi connectivity index (χ1) is 7.83. The molecular weight excluding hydrogens is 236 g/mol. The van der Waals surface area contributed by atoms with Gasteiger partial charge in [0.25, 0.3) is 0 Å². The number of hydrogen-bond acceptors (Lipinski definition) is 4. The molecule has 0 aromatic carbocycles. The summed E-state index contributed by atoms with van der Waals surface area (Å²) in [5, 5.41) is 0.